The van der Waals surface area contributed by atoms with Crippen molar-refractivity contribution < 1.29 is 9.59 Å². The van der Waals surface area contributed by atoms with E-state index in [0.717, 1.165) is 43.5 Å². The van der Waals surface area contributed by atoms with Crippen LogP contribution in [-0.2, 0) is 9.59 Å². The SMILES string of the molecule is CN1C(=O)CC[C@]2(C)[C@H]3CC[C@]4(C)[C@@H](C(=O)N(Nc5ccccc5)c5ccccc5)CC[C@H]4[C@@H]3CC[C@@H]12. The van der Waals surface area contributed by atoms with Crippen molar-refractivity contribution in [3.63, 3.8) is 0 Å². The highest BCUT2D eigenvalue weighted by Gasteiger charge is 2.62. The number of piperidine rings is 1. The summed E-state index contributed by atoms with van der Waals surface area (Å²) in [5.74, 6) is 2.42. The van der Waals surface area contributed by atoms with Crippen molar-refractivity contribution in [2.45, 2.75) is 71.3 Å². The van der Waals surface area contributed by atoms with E-state index in [4.69, 9.17) is 0 Å². The van der Waals surface area contributed by atoms with E-state index < -0.39 is 0 Å². The van der Waals surface area contributed by atoms with E-state index in [1.807, 2.05) is 67.7 Å². The first-order valence-corrected chi connectivity index (χ1v) is 14.3. The summed E-state index contributed by atoms with van der Waals surface area (Å²) in [4.78, 5) is 28.9. The molecule has 4 aliphatic rings. The molecule has 5 nitrogen and oxygen atoms in total. The molecule has 0 unspecified atom stereocenters. The first kappa shape index (κ1) is 24.5. The van der Waals surface area contributed by atoms with Crippen molar-refractivity contribution in [1.29, 1.82) is 0 Å². The molecule has 0 bridgehead atoms. The lowest BCUT2D eigenvalue weighted by atomic mass is 9.47. The summed E-state index contributed by atoms with van der Waals surface area (Å²) in [6, 6.07) is 20.4. The molecule has 2 amide bonds. The number of hydrogen-bond acceptors (Lipinski definition) is 3. The first-order valence-electron chi connectivity index (χ1n) is 14.3. The molecule has 2 aromatic rings. The maximum absolute atomic E-state index is 14.4. The van der Waals surface area contributed by atoms with Gasteiger partial charge in [0.1, 0.15) is 0 Å². The van der Waals surface area contributed by atoms with Gasteiger partial charge in [-0.25, -0.2) is 5.01 Å². The lowest BCUT2D eigenvalue weighted by Crippen LogP contribution is -2.61. The van der Waals surface area contributed by atoms with E-state index in [2.05, 4.69) is 24.2 Å². The Morgan fingerprint density at radius 2 is 1.54 bits per heavy atom. The molecule has 5 heteroatoms. The van der Waals surface area contributed by atoms with Gasteiger partial charge in [-0.3, -0.25) is 15.0 Å². The van der Waals surface area contributed by atoms with Crippen LogP contribution in [-0.4, -0.2) is 29.8 Å². The predicted octanol–water partition coefficient (Wildman–Crippen LogP) is 6.53. The Hall–Kier alpha value is -2.82. The zero-order valence-electron chi connectivity index (χ0n) is 22.5. The van der Waals surface area contributed by atoms with Crippen molar-refractivity contribution in [3.05, 3.63) is 60.7 Å². The van der Waals surface area contributed by atoms with Gasteiger partial charge >= 0.3 is 0 Å². The van der Waals surface area contributed by atoms with Gasteiger partial charge in [0.05, 0.1) is 11.4 Å². The molecule has 4 fully saturated rings. The van der Waals surface area contributed by atoms with Crippen LogP contribution >= 0.6 is 0 Å². The quantitative estimate of drug-likeness (QED) is 0.487. The number of carbonyl (C=O) groups excluding carboxylic acids is 2. The molecule has 0 aromatic heterocycles. The lowest BCUT2D eigenvalue weighted by Gasteiger charge is -2.61. The number of nitrogens with one attached hydrogen (secondary N) is 1. The monoisotopic (exact) mass is 499 g/mol. The minimum absolute atomic E-state index is 0.0102. The van der Waals surface area contributed by atoms with Crippen LogP contribution in [0.3, 0.4) is 0 Å². The fraction of sp³-hybridized carbons (Fsp3) is 0.562. The number of anilines is 2. The van der Waals surface area contributed by atoms with Gasteiger partial charge in [-0.2, -0.15) is 0 Å². The molecule has 7 atom stereocenters. The Morgan fingerprint density at radius 3 is 2.27 bits per heavy atom. The highest BCUT2D eigenvalue weighted by Crippen LogP contribution is 2.66. The number of nitrogens with zero attached hydrogens (tertiary/aromatic N) is 2. The number of hydrazine groups is 1. The minimum atomic E-state index is 0.0102. The third-order valence-electron chi connectivity index (χ3n) is 11.1. The van der Waals surface area contributed by atoms with E-state index in [0.29, 0.717) is 36.1 Å². The van der Waals surface area contributed by atoms with Crippen molar-refractivity contribution in [1.82, 2.24) is 4.90 Å². The average Bonchev–Trinajstić information content (AvgIpc) is 3.28. The van der Waals surface area contributed by atoms with Crippen LogP contribution < -0.4 is 10.4 Å². The van der Waals surface area contributed by atoms with Gasteiger partial charge in [-0.1, -0.05) is 50.2 Å². The van der Waals surface area contributed by atoms with E-state index >= 15 is 0 Å². The molecule has 1 aliphatic heterocycles. The number of para-hydroxylation sites is 2. The summed E-state index contributed by atoms with van der Waals surface area (Å²) in [7, 11) is 2.03. The average molecular weight is 500 g/mol. The summed E-state index contributed by atoms with van der Waals surface area (Å²) >= 11 is 0. The molecule has 37 heavy (non-hydrogen) atoms. The maximum atomic E-state index is 14.4. The summed E-state index contributed by atoms with van der Waals surface area (Å²) in [6.45, 7) is 4.89. The van der Waals surface area contributed by atoms with Crippen LogP contribution in [0.2, 0.25) is 0 Å². The van der Waals surface area contributed by atoms with Gasteiger partial charge in [0.2, 0.25) is 11.8 Å². The predicted molar refractivity (Wildman–Crippen MR) is 148 cm³/mol. The molecular formula is C32H41N3O2. The van der Waals surface area contributed by atoms with Crippen molar-refractivity contribution in [2.24, 2.45) is 34.5 Å². The van der Waals surface area contributed by atoms with Crippen molar-refractivity contribution >= 4 is 23.2 Å². The summed E-state index contributed by atoms with van der Waals surface area (Å²) < 4.78 is 0. The van der Waals surface area contributed by atoms with Crippen LogP contribution in [0, 0.1) is 34.5 Å². The fourth-order valence-corrected chi connectivity index (χ4v) is 9.18. The highest BCUT2D eigenvalue weighted by atomic mass is 16.2. The topological polar surface area (TPSA) is 52.7 Å². The molecule has 0 radical (unpaired) electrons. The van der Waals surface area contributed by atoms with E-state index in [1.165, 1.54) is 12.8 Å². The van der Waals surface area contributed by atoms with Gasteiger partial charge in [0.15, 0.2) is 0 Å². The molecule has 196 valence electrons. The Morgan fingerprint density at radius 1 is 0.865 bits per heavy atom. The Kier molecular flexibility index (Phi) is 6.08. The summed E-state index contributed by atoms with van der Waals surface area (Å²) in [5.41, 5.74) is 5.48. The zero-order valence-corrected chi connectivity index (χ0v) is 22.5. The number of likely N-dealkylation sites (tertiary alicyclic amines) is 1. The number of carbonyl (C=O) groups is 2. The third-order valence-corrected chi connectivity index (χ3v) is 11.1. The molecular weight excluding hydrogens is 458 g/mol. The summed E-state index contributed by atoms with van der Waals surface area (Å²) in [6.07, 6.45) is 8.38. The van der Waals surface area contributed by atoms with Crippen LogP contribution in [0.25, 0.3) is 0 Å². The van der Waals surface area contributed by atoms with Crippen molar-refractivity contribution in [2.75, 3.05) is 17.5 Å². The first-order chi connectivity index (χ1) is 17.8. The standard InChI is InChI=1S/C32H41N3O2/c1-31-20-18-26-24(14-17-28-32(26,2)21-19-29(36)34(28)3)25(31)15-16-27(31)30(37)35(23-12-8-5-9-13-23)33-22-10-6-4-7-11-22/h4-13,24-28,33H,14-21H2,1-3H3/t24-,25-,26-,27+,28+,31-,32+/m0/s1. The van der Waals surface area contributed by atoms with Crippen LogP contribution in [0.4, 0.5) is 11.4 Å². The molecule has 1 heterocycles. The highest BCUT2D eigenvalue weighted by molar-refractivity contribution is 5.97. The molecule has 1 saturated heterocycles. The van der Waals surface area contributed by atoms with Crippen LogP contribution in [0.5, 0.6) is 0 Å². The molecule has 2 aromatic carbocycles. The molecule has 6 rings (SSSR count). The summed E-state index contributed by atoms with van der Waals surface area (Å²) in [5, 5.41) is 1.81. The van der Waals surface area contributed by atoms with Gasteiger partial charge in [0.25, 0.3) is 0 Å². The molecule has 0 spiro atoms. The number of rotatable bonds is 4. The van der Waals surface area contributed by atoms with E-state index in [9.17, 15) is 9.59 Å². The molecule has 1 N–H and O–H groups in total. The fourth-order valence-electron chi connectivity index (χ4n) is 9.18. The smallest absolute Gasteiger partial charge is 0.249 e. The normalized spacial score (nSPS) is 36.8. The second-order valence-electron chi connectivity index (χ2n) is 12.6. The molecule has 3 aliphatic carbocycles. The number of fused-ring (bicyclic) bond motifs is 5. The Balaban J connectivity index is 1.27. The lowest BCUT2D eigenvalue weighted by molar-refractivity contribution is -0.159. The van der Waals surface area contributed by atoms with Gasteiger partial charge in [0, 0.05) is 25.4 Å². The van der Waals surface area contributed by atoms with E-state index in [1.54, 1.807) is 5.01 Å². The second kappa shape index (κ2) is 9.18. The number of benzene rings is 2. The van der Waals surface area contributed by atoms with Crippen LogP contribution in [0.15, 0.2) is 60.7 Å². The minimum Gasteiger partial charge on any atom is -0.342 e. The number of amides is 2. The third kappa shape index (κ3) is 3.88. The van der Waals surface area contributed by atoms with E-state index in [-0.39, 0.29) is 22.7 Å². The van der Waals surface area contributed by atoms with Gasteiger partial charge in [-0.15, -0.1) is 0 Å². The Bertz CT molecular complexity index is 1150. The number of hydrogen-bond donors (Lipinski definition) is 1. The van der Waals surface area contributed by atoms with Crippen LogP contribution in [0.1, 0.15) is 65.2 Å². The van der Waals surface area contributed by atoms with Gasteiger partial charge in [-0.05, 0) is 97.8 Å². The van der Waals surface area contributed by atoms with Gasteiger partial charge < -0.3 is 4.90 Å². The zero-order chi connectivity index (χ0) is 25.8. The Labute approximate surface area is 221 Å². The maximum Gasteiger partial charge on any atom is 0.249 e. The second-order valence-corrected chi connectivity index (χ2v) is 12.6. The largest absolute Gasteiger partial charge is 0.342 e. The van der Waals surface area contributed by atoms with Crippen molar-refractivity contribution in [3.8, 4) is 0 Å². The molecule has 3 saturated carbocycles.